The van der Waals surface area contributed by atoms with Gasteiger partial charge in [-0.2, -0.15) is 0 Å². The number of rotatable bonds is 3. The molecule has 0 atom stereocenters. The lowest BCUT2D eigenvalue weighted by molar-refractivity contribution is -0.119. The van der Waals surface area contributed by atoms with Crippen molar-refractivity contribution in [2.75, 3.05) is 11.5 Å². The Kier molecular flexibility index (Phi) is 4.71. The Hall–Kier alpha value is -0.870. The lowest BCUT2D eigenvalue weighted by Crippen LogP contribution is -2.41. The largest absolute Gasteiger partial charge is 0.398 e. The number of carbonyl (C=O) groups excluding carboxylic acids is 1. The minimum atomic E-state index is -0.205. The van der Waals surface area contributed by atoms with Gasteiger partial charge in [-0.3, -0.25) is 4.79 Å². The number of hydrogen-bond donors (Lipinski definition) is 2. The molecule has 0 saturated carbocycles. The van der Waals surface area contributed by atoms with Crippen molar-refractivity contribution in [1.29, 1.82) is 0 Å². The number of nitrogens with two attached hydrogens (primary N) is 1. The Morgan fingerprint density at radius 1 is 1.47 bits per heavy atom. The van der Waals surface area contributed by atoms with Crippen molar-refractivity contribution in [3.63, 3.8) is 0 Å². The van der Waals surface area contributed by atoms with Crippen LogP contribution in [0.15, 0.2) is 23.1 Å². The standard InChI is InChI=1S/C12H17ClN2OS/c1-12(2,3)15-11(16)7-17-10-5-4-8(13)6-9(10)14/h4-6H,7,14H2,1-3H3,(H,15,16). The Balaban J connectivity index is 2.53. The summed E-state index contributed by atoms with van der Waals surface area (Å²) in [5.41, 5.74) is 6.20. The molecule has 0 fully saturated rings. The molecular formula is C12H17ClN2OS. The van der Waals surface area contributed by atoms with Gasteiger partial charge < -0.3 is 11.1 Å². The van der Waals surface area contributed by atoms with Gasteiger partial charge >= 0.3 is 0 Å². The van der Waals surface area contributed by atoms with E-state index in [9.17, 15) is 4.79 Å². The summed E-state index contributed by atoms with van der Waals surface area (Å²) >= 11 is 7.21. The fourth-order valence-electron chi connectivity index (χ4n) is 1.25. The van der Waals surface area contributed by atoms with Gasteiger partial charge in [0.05, 0.1) is 5.75 Å². The summed E-state index contributed by atoms with van der Waals surface area (Å²) in [7, 11) is 0. The van der Waals surface area contributed by atoms with Gasteiger partial charge in [-0.15, -0.1) is 11.8 Å². The first kappa shape index (κ1) is 14.2. The van der Waals surface area contributed by atoms with Crippen molar-refractivity contribution in [2.24, 2.45) is 0 Å². The summed E-state index contributed by atoms with van der Waals surface area (Å²) in [5, 5.41) is 3.50. The molecule has 3 nitrogen and oxygen atoms in total. The number of thioether (sulfide) groups is 1. The summed E-state index contributed by atoms with van der Waals surface area (Å²) in [6, 6.07) is 5.28. The predicted molar refractivity (Wildman–Crippen MR) is 74.5 cm³/mol. The molecule has 0 spiro atoms. The van der Waals surface area contributed by atoms with E-state index >= 15 is 0 Å². The van der Waals surface area contributed by atoms with Crippen LogP contribution in [-0.4, -0.2) is 17.2 Å². The maximum atomic E-state index is 11.6. The molecule has 0 bridgehead atoms. The maximum absolute atomic E-state index is 11.6. The smallest absolute Gasteiger partial charge is 0.230 e. The molecule has 3 N–H and O–H groups in total. The summed E-state index contributed by atoms with van der Waals surface area (Å²) < 4.78 is 0. The van der Waals surface area contributed by atoms with Crippen LogP contribution >= 0.6 is 23.4 Å². The highest BCUT2D eigenvalue weighted by Gasteiger charge is 2.14. The topological polar surface area (TPSA) is 55.1 Å². The number of carbonyl (C=O) groups is 1. The van der Waals surface area contributed by atoms with Crippen molar-refractivity contribution >= 4 is 35.0 Å². The average Bonchev–Trinajstić information content (AvgIpc) is 2.13. The molecule has 0 aliphatic rings. The van der Waals surface area contributed by atoms with E-state index in [-0.39, 0.29) is 11.4 Å². The lowest BCUT2D eigenvalue weighted by Gasteiger charge is -2.20. The Labute approximate surface area is 111 Å². The van der Waals surface area contributed by atoms with Crippen molar-refractivity contribution < 1.29 is 4.79 Å². The zero-order valence-electron chi connectivity index (χ0n) is 10.2. The Bertz CT molecular complexity index is 415. The number of hydrogen-bond acceptors (Lipinski definition) is 3. The van der Waals surface area contributed by atoms with E-state index < -0.39 is 0 Å². The van der Waals surface area contributed by atoms with Crippen LogP contribution in [0, 0.1) is 0 Å². The lowest BCUT2D eigenvalue weighted by atomic mass is 10.1. The van der Waals surface area contributed by atoms with Crippen molar-refractivity contribution in [1.82, 2.24) is 5.32 Å². The third kappa shape index (κ3) is 5.33. The second-order valence-electron chi connectivity index (χ2n) is 4.77. The first-order chi connectivity index (χ1) is 7.78. The van der Waals surface area contributed by atoms with E-state index in [2.05, 4.69) is 5.32 Å². The van der Waals surface area contributed by atoms with Crippen LogP contribution in [0.1, 0.15) is 20.8 Å². The molecule has 5 heteroatoms. The highest BCUT2D eigenvalue weighted by atomic mass is 35.5. The molecule has 0 unspecified atom stereocenters. The van der Waals surface area contributed by atoms with E-state index in [1.165, 1.54) is 11.8 Å². The van der Waals surface area contributed by atoms with Gasteiger partial charge in [0.25, 0.3) is 0 Å². The predicted octanol–water partition coefficient (Wildman–Crippen LogP) is 2.93. The molecule has 1 amide bonds. The fraction of sp³-hybridized carbons (Fsp3) is 0.417. The third-order valence-electron chi connectivity index (χ3n) is 1.85. The molecular weight excluding hydrogens is 256 g/mol. The highest BCUT2D eigenvalue weighted by Crippen LogP contribution is 2.27. The van der Waals surface area contributed by atoms with Gasteiger partial charge in [-0.25, -0.2) is 0 Å². The second-order valence-corrected chi connectivity index (χ2v) is 6.22. The van der Waals surface area contributed by atoms with Gasteiger partial charge in [0.15, 0.2) is 0 Å². The van der Waals surface area contributed by atoms with Gasteiger partial charge in [0.2, 0.25) is 5.91 Å². The summed E-state index contributed by atoms with van der Waals surface area (Å²) in [4.78, 5) is 12.5. The minimum absolute atomic E-state index is 0.00292. The number of nitrogens with one attached hydrogen (secondary N) is 1. The van der Waals surface area contributed by atoms with Crippen molar-refractivity contribution in [3.8, 4) is 0 Å². The van der Waals surface area contributed by atoms with Crippen LogP contribution < -0.4 is 11.1 Å². The van der Waals surface area contributed by atoms with Crippen molar-refractivity contribution in [3.05, 3.63) is 23.2 Å². The molecule has 94 valence electrons. The van der Waals surface area contributed by atoms with Crippen LogP contribution in [0.5, 0.6) is 0 Å². The molecule has 1 rings (SSSR count). The molecule has 0 heterocycles. The van der Waals surface area contributed by atoms with E-state index in [0.29, 0.717) is 16.5 Å². The van der Waals surface area contributed by atoms with Gasteiger partial charge in [-0.05, 0) is 39.0 Å². The summed E-state index contributed by atoms with van der Waals surface area (Å²) in [6.07, 6.45) is 0. The normalized spacial score (nSPS) is 11.3. The Morgan fingerprint density at radius 2 is 2.12 bits per heavy atom. The molecule has 17 heavy (non-hydrogen) atoms. The Morgan fingerprint density at radius 3 is 2.65 bits per heavy atom. The quantitative estimate of drug-likeness (QED) is 0.657. The molecule has 1 aromatic rings. The van der Waals surface area contributed by atoms with Gasteiger partial charge in [-0.1, -0.05) is 11.6 Å². The zero-order valence-corrected chi connectivity index (χ0v) is 11.8. The van der Waals surface area contributed by atoms with Crippen molar-refractivity contribution in [2.45, 2.75) is 31.2 Å². The number of halogens is 1. The molecule has 0 aliphatic carbocycles. The number of amides is 1. The first-order valence-electron chi connectivity index (χ1n) is 5.27. The number of nitrogen functional groups attached to an aromatic ring is 1. The van der Waals surface area contributed by atoms with E-state index in [1.807, 2.05) is 26.8 Å². The third-order valence-corrected chi connectivity index (χ3v) is 3.17. The molecule has 0 aromatic heterocycles. The SMILES string of the molecule is CC(C)(C)NC(=O)CSc1ccc(Cl)cc1N. The fourth-order valence-corrected chi connectivity index (χ4v) is 2.18. The molecule has 1 aromatic carbocycles. The van der Waals surface area contributed by atoms with E-state index in [0.717, 1.165) is 4.90 Å². The summed E-state index contributed by atoms with van der Waals surface area (Å²) in [6.45, 7) is 5.85. The van der Waals surface area contributed by atoms with E-state index in [4.69, 9.17) is 17.3 Å². The number of anilines is 1. The van der Waals surface area contributed by atoms with Crippen LogP contribution in [0.4, 0.5) is 5.69 Å². The first-order valence-corrected chi connectivity index (χ1v) is 6.63. The monoisotopic (exact) mass is 272 g/mol. The maximum Gasteiger partial charge on any atom is 0.230 e. The minimum Gasteiger partial charge on any atom is -0.398 e. The van der Waals surface area contributed by atoms with Gasteiger partial charge in [0, 0.05) is 21.1 Å². The van der Waals surface area contributed by atoms with E-state index in [1.54, 1.807) is 12.1 Å². The van der Waals surface area contributed by atoms with Crippen LogP contribution in [0.2, 0.25) is 5.02 Å². The van der Waals surface area contributed by atoms with Crippen LogP contribution in [-0.2, 0) is 4.79 Å². The molecule has 0 aliphatic heterocycles. The second kappa shape index (κ2) is 5.65. The molecule has 0 radical (unpaired) electrons. The van der Waals surface area contributed by atoms with Crippen LogP contribution in [0.3, 0.4) is 0 Å². The average molecular weight is 273 g/mol. The number of benzene rings is 1. The zero-order chi connectivity index (χ0) is 13.1. The van der Waals surface area contributed by atoms with Gasteiger partial charge in [0.1, 0.15) is 0 Å². The summed E-state index contributed by atoms with van der Waals surface area (Å²) in [5.74, 6) is 0.347. The highest BCUT2D eigenvalue weighted by molar-refractivity contribution is 8.00. The molecule has 0 saturated heterocycles. The van der Waals surface area contributed by atoms with Crippen LogP contribution in [0.25, 0.3) is 0 Å².